The highest BCUT2D eigenvalue weighted by Crippen LogP contribution is 2.29. The van der Waals surface area contributed by atoms with E-state index in [-0.39, 0.29) is 5.69 Å². The Labute approximate surface area is 117 Å². The maximum absolute atomic E-state index is 11.2. The van der Waals surface area contributed by atoms with Gasteiger partial charge in [0.25, 0.3) is 5.69 Å². The van der Waals surface area contributed by atoms with Gasteiger partial charge in [0, 0.05) is 25.2 Å². The zero-order chi connectivity index (χ0) is 15.1. The standard InChI is InChI=1S/C14H18N2O4/c1-3-9-15(4-2)12-7-5-11(6-8-14(17)18)10-13(12)16(19)20/h5-8,10H,3-4,9H2,1-2H3,(H,17,18)/b8-6+. The fraction of sp³-hybridized carbons (Fsp3) is 0.357. The third kappa shape index (κ3) is 4.08. The number of carboxylic acid groups (broad SMARTS) is 1. The van der Waals surface area contributed by atoms with Crippen molar-refractivity contribution in [2.24, 2.45) is 0 Å². The smallest absolute Gasteiger partial charge is 0.328 e. The number of carboxylic acids is 1. The van der Waals surface area contributed by atoms with Crippen LogP contribution in [-0.2, 0) is 4.79 Å². The van der Waals surface area contributed by atoms with E-state index in [1.54, 1.807) is 12.1 Å². The van der Waals surface area contributed by atoms with Crippen LogP contribution in [0.2, 0.25) is 0 Å². The minimum Gasteiger partial charge on any atom is -0.478 e. The van der Waals surface area contributed by atoms with Crippen molar-refractivity contribution in [3.8, 4) is 0 Å². The van der Waals surface area contributed by atoms with Crippen LogP contribution < -0.4 is 4.90 Å². The number of benzene rings is 1. The van der Waals surface area contributed by atoms with E-state index in [4.69, 9.17) is 5.11 Å². The van der Waals surface area contributed by atoms with Crippen LogP contribution in [0.25, 0.3) is 6.08 Å². The number of nitrogens with zero attached hydrogens (tertiary/aromatic N) is 2. The van der Waals surface area contributed by atoms with Crippen molar-refractivity contribution in [1.29, 1.82) is 0 Å². The van der Waals surface area contributed by atoms with Gasteiger partial charge in [-0.15, -0.1) is 0 Å². The molecule has 0 aliphatic heterocycles. The molecule has 1 rings (SSSR count). The second-order valence-corrected chi connectivity index (χ2v) is 4.26. The molecule has 0 bridgehead atoms. The molecule has 0 saturated carbocycles. The Bertz CT molecular complexity index is 526. The van der Waals surface area contributed by atoms with Gasteiger partial charge in [0.1, 0.15) is 5.69 Å². The summed E-state index contributed by atoms with van der Waals surface area (Å²) in [4.78, 5) is 23.1. The average molecular weight is 278 g/mol. The van der Waals surface area contributed by atoms with Crippen LogP contribution in [0, 0.1) is 10.1 Å². The average Bonchev–Trinajstić information content (AvgIpc) is 2.42. The summed E-state index contributed by atoms with van der Waals surface area (Å²) < 4.78 is 0. The summed E-state index contributed by atoms with van der Waals surface area (Å²) in [6.07, 6.45) is 3.20. The summed E-state index contributed by atoms with van der Waals surface area (Å²) in [6, 6.07) is 4.74. The number of anilines is 1. The van der Waals surface area contributed by atoms with Gasteiger partial charge in [-0.3, -0.25) is 10.1 Å². The number of hydrogen-bond acceptors (Lipinski definition) is 4. The molecule has 0 aliphatic rings. The van der Waals surface area contributed by atoms with Gasteiger partial charge in [0.05, 0.1) is 4.92 Å². The lowest BCUT2D eigenvalue weighted by molar-refractivity contribution is -0.384. The molecule has 1 aromatic carbocycles. The van der Waals surface area contributed by atoms with E-state index >= 15 is 0 Å². The maximum Gasteiger partial charge on any atom is 0.328 e. The van der Waals surface area contributed by atoms with Crippen molar-refractivity contribution in [3.05, 3.63) is 40.0 Å². The molecule has 0 amide bonds. The second kappa shape index (κ2) is 7.28. The molecule has 0 saturated heterocycles. The minimum absolute atomic E-state index is 0.00663. The quantitative estimate of drug-likeness (QED) is 0.471. The molecule has 0 aliphatic carbocycles. The molecule has 6 nitrogen and oxygen atoms in total. The highest BCUT2D eigenvalue weighted by molar-refractivity contribution is 5.85. The maximum atomic E-state index is 11.2. The van der Waals surface area contributed by atoms with Gasteiger partial charge < -0.3 is 10.0 Å². The van der Waals surface area contributed by atoms with Gasteiger partial charge in [0.15, 0.2) is 0 Å². The molecular weight excluding hydrogens is 260 g/mol. The van der Waals surface area contributed by atoms with Crippen LogP contribution in [-0.4, -0.2) is 29.1 Å². The van der Waals surface area contributed by atoms with Crippen molar-refractivity contribution in [1.82, 2.24) is 0 Å². The minimum atomic E-state index is -1.09. The van der Waals surface area contributed by atoms with Crippen LogP contribution in [0.15, 0.2) is 24.3 Å². The lowest BCUT2D eigenvalue weighted by Gasteiger charge is -2.22. The van der Waals surface area contributed by atoms with Gasteiger partial charge in [-0.25, -0.2) is 4.79 Å². The first-order valence-corrected chi connectivity index (χ1v) is 6.44. The molecule has 0 heterocycles. The van der Waals surface area contributed by atoms with Crippen molar-refractivity contribution < 1.29 is 14.8 Å². The van der Waals surface area contributed by atoms with Crippen molar-refractivity contribution in [2.45, 2.75) is 20.3 Å². The van der Waals surface area contributed by atoms with Crippen LogP contribution in [0.3, 0.4) is 0 Å². The molecule has 0 aromatic heterocycles. The van der Waals surface area contributed by atoms with Crippen LogP contribution in [0.5, 0.6) is 0 Å². The largest absolute Gasteiger partial charge is 0.478 e. The zero-order valence-electron chi connectivity index (χ0n) is 11.6. The summed E-state index contributed by atoms with van der Waals surface area (Å²) in [5, 5.41) is 19.8. The summed E-state index contributed by atoms with van der Waals surface area (Å²) in [5.41, 5.74) is 1.05. The summed E-state index contributed by atoms with van der Waals surface area (Å²) in [7, 11) is 0. The molecule has 0 fully saturated rings. The van der Waals surface area contributed by atoms with E-state index in [0.29, 0.717) is 17.8 Å². The summed E-state index contributed by atoms with van der Waals surface area (Å²) >= 11 is 0. The highest BCUT2D eigenvalue weighted by Gasteiger charge is 2.18. The van der Waals surface area contributed by atoms with E-state index in [1.165, 1.54) is 12.1 Å². The molecule has 6 heteroatoms. The molecule has 0 spiro atoms. The second-order valence-electron chi connectivity index (χ2n) is 4.26. The summed E-state index contributed by atoms with van der Waals surface area (Å²) in [6.45, 7) is 5.37. The van der Waals surface area contributed by atoms with Crippen molar-refractivity contribution in [3.63, 3.8) is 0 Å². The highest BCUT2D eigenvalue weighted by atomic mass is 16.6. The molecular formula is C14H18N2O4. The Balaban J connectivity index is 3.19. The molecule has 108 valence electrons. The number of nitro benzene ring substituents is 1. The zero-order valence-corrected chi connectivity index (χ0v) is 11.6. The normalized spacial score (nSPS) is 10.7. The third-order valence-electron chi connectivity index (χ3n) is 2.83. The Morgan fingerprint density at radius 1 is 1.45 bits per heavy atom. The van der Waals surface area contributed by atoms with E-state index in [1.807, 2.05) is 18.7 Å². The number of rotatable bonds is 7. The molecule has 0 unspecified atom stereocenters. The van der Waals surface area contributed by atoms with Gasteiger partial charge in [0.2, 0.25) is 0 Å². The van der Waals surface area contributed by atoms with Crippen molar-refractivity contribution >= 4 is 23.4 Å². The van der Waals surface area contributed by atoms with E-state index in [0.717, 1.165) is 19.0 Å². The molecule has 20 heavy (non-hydrogen) atoms. The predicted molar refractivity (Wildman–Crippen MR) is 77.9 cm³/mol. The SMILES string of the molecule is CCCN(CC)c1ccc(/C=C/C(=O)O)cc1[N+](=O)[O-]. The van der Waals surface area contributed by atoms with Gasteiger partial charge in [-0.2, -0.15) is 0 Å². The molecule has 1 aromatic rings. The van der Waals surface area contributed by atoms with Crippen molar-refractivity contribution in [2.75, 3.05) is 18.0 Å². The van der Waals surface area contributed by atoms with E-state index in [9.17, 15) is 14.9 Å². The Hall–Kier alpha value is -2.37. The monoisotopic (exact) mass is 278 g/mol. The molecule has 1 N–H and O–H groups in total. The fourth-order valence-corrected chi connectivity index (χ4v) is 1.94. The number of carbonyl (C=O) groups is 1. The Morgan fingerprint density at radius 2 is 2.15 bits per heavy atom. The number of nitro groups is 1. The van der Waals surface area contributed by atoms with Gasteiger partial charge >= 0.3 is 5.97 Å². The van der Waals surface area contributed by atoms with E-state index < -0.39 is 10.9 Å². The van der Waals surface area contributed by atoms with Crippen LogP contribution in [0.4, 0.5) is 11.4 Å². The topological polar surface area (TPSA) is 83.7 Å². The first kappa shape index (κ1) is 15.7. The lowest BCUT2D eigenvalue weighted by Crippen LogP contribution is -2.24. The Kier molecular flexibility index (Phi) is 5.71. The fourth-order valence-electron chi connectivity index (χ4n) is 1.94. The first-order chi connectivity index (χ1) is 9.49. The molecule has 0 atom stereocenters. The van der Waals surface area contributed by atoms with Gasteiger partial charge in [-0.1, -0.05) is 13.0 Å². The van der Waals surface area contributed by atoms with Gasteiger partial charge in [-0.05, 0) is 31.1 Å². The third-order valence-corrected chi connectivity index (χ3v) is 2.83. The van der Waals surface area contributed by atoms with Crippen LogP contribution in [0.1, 0.15) is 25.8 Å². The predicted octanol–water partition coefficient (Wildman–Crippen LogP) is 2.93. The van der Waals surface area contributed by atoms with Crippen LogP contribution >= 0.6 is 0 Å². The summed E-state index contributed by atoms with van der Waals surface area (Å²) in [5.74, 6) is -1.09. The number of hydrogen-bond donors (Lipinski definition) is 1. The Morgan fingerprint density at radius 3 is 2.65 bits per heavy atom. The number of aliphatic carboxylic acids is 1. The first-order valence-electron chi connectivity index (χ1n) is 6.44. The van der Waals surface area contributed by atoms with E-state index in [2.05, 4.69) is 0 Å². The lowest BCUT2D eigenvalue weighted by atomic mass is 10.1. The molecule has 0 radical (unpaired) electrons.